The molecule has 7 heteroatoms. The number of aromatic nitrogens is 2. The van der Waals surface area contributed by atoms with E-state index in [0.717, 1.165) is 32.5 Å². The number of carbonyl (C=O) groups excluding carboxylic acids is 1. The van der Waals surface area contributed by atoms with E-state index in [-0.39, 0.29) is 11.5 Å². The number of aryl methyl sites for hydroxylation is 1. The Morgan fingerprint density at radius 1 is 1.25 bits per heavy atom. The summed E-state index contributed by atoms with van der Waals surface area (Å²) in [5.74, 6) is 1.43. The molecule has 4 rings (SSSR count). The molecule has 2 aliphatic heterocycles. The number of piperidine rings is 1. The largest absolute Gasteiger partial charge is 0.343 e. The van der Waals surface area contributed by atoms with Crippen molar-refractivity contribution < 1.29 is 4.79 Å². The maximum absolute atomic E-state index is 12.7. The summed E-state index contributed by atoms with van der Waals surface area (Å²) in [4.78, 5) is 31.5. The molecule has 7 nitrogen and oxygen atoms in total. The molecule has 150 valence electrons. The first-order valence-electron chi connectivity index (χ1n) is 10.4. The molecule has 0 saturated carbocycles. The average Bonchev–Trinajstić information content (AvgIpc) is 3.22. The molecule has 0 aliphatic carbocycles. The first-order chi connectivity index (χ1) is 13.7. The number of benzene rings is 1. The van der Waals surface area contributed by atoms with Gasteiger partial charge in [0.05, 0.1) is 17.2 Å². The molecule has 1 amide bonds. The van der Waals surface area contributed by atoms with Crippen molar-refractivity contribution in [1.29, 1.82) is 0 Å². The molecule has 0 spiro atoms. The summed E-state index contributed by atoms with van der Waals surface area (Å²) in [5, 5.41) is 0.599. The highest BCUT2D eigenvalue weighted by molar-refractivity contribution is 5.77. The molecule has 2 aromatic rings. The summed E-state index contributed by atoms with van der Waals surface area (Å²) in [7, 11) is 0. The number of hydrogen-bond donors (Lipinski definition) is 2. The van der Waals surface area contributed by atoms with Crippen LogP contribution in [0.25, 0.3) is 10.9 Å². The maximum Gasteiger partial charge on any atom is 0.261 e. The van der Waals surface area contributed by atoms with Crippen molar-refractivity contribution in [3.05, 3.63) is 40.9 Å². The van der Waals surface area contributed by atoms with Crippen molar-refractivity contribution in [2.24, 2.45) is 11.8 Å². The van der Waals surface area contributed by atoms with Crippen molar-refractivity contribution in [3.63, 3.8) is 0 Å². The van der Waals surface area contributed by atoms with E-state index in [1.54, 1.807) is 17.0 Å². The highest BCUT2D eigenvalue weighted by atomic mass is 16.2. The summed E-state index contributed by atoms with van der Waals surface area (Å²) in [6, 6.07) is 7.83. The zero-order chi connectivity index (χ0) is 19.5. The summed E-state index contributed by atoms with van der Waals surface area (Å²) in [6.07, 6.45) is 5.15. The smallest absolute Gasteiger partial charge is 0.261 e. The van der Waals surface area contributed by atoms with Gasteiger partial charge >= 0.3 is 0 Å². The minimum atomic E-state index is -0.0810. The van der Waals surface area contributed by atoms with Gasteiger partial charge in [0.1, 0.15) is 0 Å². The summed E-state index contributed by atoms with van der Waals surface area (Å²) in [6.45, 7) is 5.27. The van der Waals surface area contributed by atoms with Gasteiger partial charge in [-0.2, -0.15) is 0 Å². The molecular weight excluding hydrogens is 354 g/mol. The second kappa shape index (κ2) is 8.41. The van der Waals surface area contributed by atoms with E-state index in [0.29, 0.717) is 41.7 Å². The second-order valence-corrected chi connectivity index (χ2v) is 7.95. The van der Waals surface area contributed by atoms with Gasteiger partial charge in [-0.3, -0.25) is 25.0 Å². The Morgan fingerprint density at radius 2 is 2.04 bits per heavy atom. The summed E-state index contributed by atoms with van der Waals surface area (Å²) < 4.78 is 1.55. The van der Waals surface area contributed by atoms with Crippen LogP contribution in [0, 0.1) is 11.8 Å². The van der Waals surface area contributed by atoms with E-state index in [4.69, 9.17) is 0 Å². The minimum Gasteiger partial charge on any atom is -0.343 e. The van der Waals surface area contributed by atoms with Crippen molar-refractivity contribution >= 4 is 16.8 Å². The topological polar surface area (TPSA) is 79.3 Å². The third-order valence-electron chi connectivity index (χ3n) is 6.36. The molecule has 2 aliphatic rings. The zero-order valence-corrected chi connectivity index (χ0v) is 16.4. The van der Waals surface area contributed by atoms with Crippen molar-refractivity contribution in [2.75, 3.05) is 19.6 Å². The summed E-state index contributed by atoms with van der Waals surface area (Å²) >= 11 is 0. The SMILES string of the molecule is CCC1CNNC1C1CCN(C(=O)CCn2cnc3ccccc3c2=O)CC1. The number of rotatable bonds is 5. The van der Waals surface area contributed by atoms with E-state index >= 15 is 0 Å². The number of likely N-dealkylation sites (tertiary alicyclic amines) is 1. The van der Waals surface area contributed by atoms with Gasteiger partial charge in [-0.25, -0.2) is 4.98 Å². The highest BCUT2D eigenvalue weighted by Gasteiger charge is 2.35. The van der Waals surface area contributed by atoms with Crippen LogP contribution in [0.15, 0.2) is 35.4 Å². The number of para-hydroxylation sites is 1. The zero-order valence-electron chi connectivity index (χ0n) is 16.4. The van der Waals surface area contributed by atoms with E-state index in [1.165, 1.54) is 6.42 Å². The first kappa shape index (κ1) is 19.1. The monoisotopic (exact) mass is 383 g/mol. The number of amides is 1. The number of hydrogen-bond acceptors (Lipinski definition) is 5. The van der Waals surface area contributed by atoms with Crippen molar-refractivity contribution in [1.82, 2.24) is 25.3 Å². The molecule has 1 aromatic carbocycles. The molecule has 0 radical (unpaired) electrons. The number of fused-ring (bicyclic) bond motifs is 1. The van der Waals surface area contributed by atoms with Crippen LogP contribution in [-0.2, 0) is 11.3 Å². The fourth-order valence-electron chi connectivity index (χ4n) is 4.60. The molecule has 2 N–H and O–H groups in total. The lowest BCUT2D eigenvalue weighted by atomic mass is 9.82. The Labute approximate surface area is 165 Å². The van der Waals surface area contributed by atoms with Gasteiger partial charge in [0.2, 0.25) is 5.91 Å². The number of nitrogens with one attached hydrogen (secondary N) is 2. The third-order valence-corrected chi connectivity index (χ3v) is 6.36. The van der Waals surface area contributed by atoms with Gasteiger partial charge in [-0.1, -0.05) is 25.5 Å². The van der Waals surface area contributed by atoms with Crippen LogP contribution >= 0.6 is 0 Å². The quantitative estimate of drug-likeness (QED) is 0.819. The predicted molar refractivity (Wildman–Crippen MR) is 109 cm³/mol. The standard InChI is InChI=1S/C21H29N5O2/c1-2-15-13-23-24-20(15)16-7-10-25(11-8-16)19(27)9-12-26-14-22-18-6-4-3-5-17(18)21(26)28/h3-6,14-16,20,23-24H,2,7-13H2,1H3. The van der Waals surface area contributed by atoms with E-state index in [2.05, 4.69) is 22.8 Å². The fraction of sp³-hybridized carbons (Fsp3) is 0.571. The van der Waals surface area contributed by atoms with E-state index in [9.17, 15) is 9.59 Å². The van der Waals surface area contributed by atoms with Gasteiger partial charge in [-0.15, -0.1) is 0 Å². The van der Waals surface area contributed by atoms with Crippen LogP contribution in [0.4, 0.5) is 0 Å². The van der Waals surface area contributed by atoms with Gasteiger partial charge in [0.25, 0.3) is 5.56 Å². The number of nitrogens with zero attached hydrogens (tertiary/aromatic N) is 3. The van der Waals surface area contributed by atoms with E-state index in [1.807, 2.05) is 23.1 Å². The second-order valence-electron chi connectivity index (χ2n) is 7.95. The number of hydrazine groups is 1. The van der Waals surface area contributed by atoms with Crippen LogP contribution in [-0.4, -0.2) is 46.0 Å². The highest BCUT2D eigenvalue weighted by Crippen LogP contribution is 2.28. The number of carbonyl (C=O) groups is 1. The molecule has 2 atom stereocenters. The normalized spacial score (nSPS) is 23.4. The van der Waals surface area contributed by atoms with Crippen LogP contribution in [0.3, 0.4) is 0 Å². The van der Waals surface area contributed by atoms with Gasteiger partial charge in [-0.05, 0) is 36.8 Å². The fourth-order valence-corrected chi connectivity index (χ4v) is 4.60. The van der Waals surface area contributed by atoms with Crippen LogP contribution in [0.2, 0.25) is 0 Å². The van der Waals surface area contributed by atoms with Crippen LogP contribution < -0.4 is 16.4 Å². The van der Waals surface area contributed by atoms with Gasteiger partial charge < -0.3 is 4.90 Å². The summed E-state index contributed by atoms with van der Waals surface area (Å²) in [5.41, 5.74) is 7.34. The lowest BCUT2D eigenvalue weighted by Crippen LogP contribution is -2.46. The van der Waals surface area contributed by atoms with Crippen LogP contribution in [0.1, 0.15) is 32.6 Å². The Kier molecular flexibility index (Phi) is 5.73. The van der Waals surface area contributed by atoms with Crippen molar-refractivity contribution in [3.8, 4) is 0 Å². The third kappa shape index (κ3) is 3.82. The average molecular weight is 383 g/mol. The maximum atomic E-state index is 12.7. The molecule has 3 heterocycles. The molecule has 2 saturated heterocycles. The minimum absolute atomic E-state index is 0.0810. The molecule has 2 fully saturated rings. The Bertz CT molecular complexity index is 888. The Hall–Kier alpha value is -2.25. The lowest BCUT2D eigenvalue weighted by molar-refractivity contribution is -0.133. The molecule has 0 bridgehead atoms. The van der Waals surface area contributed by atoms with E-state index < -0.39 is 0 Å². The Balaban J connectivity index is 1.32. The molecular formula is C21H29N5O2. The molecule has 28 heavy (non-hydrogen) atoms. The first-order valence-corrected chi connectivity index (χ1v) is 10.4. The van der Waals surface area contributed by atoms with Crippen LogP contribution in [0.5, 0.6) is 0 Å². The Morgan fingerprint density at radius 3 is 2.82 bits per heavy atom. The van der Waals surface area contributed by atoms with Crippen molar-refractivity contribution in [2.45, 2.75) is 45.2 Å². The predicted octanol–water partition coefficient (Wildman–Crippen LogP) is 1.53. The lowest BCUT2D eigenvalue weighted by Gasteiger charge is -2.36. The molecule has 1 aromatic heterocycles. The van der Waals surface area contributed by atoms with Gasteiger partial charge in [0.15, 0.2) is 0 Å². The van der Waals surface area contributed by atoms with Gasteiger partial charge in [0, 0.05) is 38.6 Å². The molecule has 2 unspecified atom stereocenters.